The van der Waals surface area contributed by atoms with Gasteiger partial charge in [0.15, 0.2) is 0 Å². The number of piperidine rings is 1. The Kier molecular flexibility index (Phi) is 3.59. The fourth-order valence-electron chi connectivity index (χ4n) is 3.29. The minimum Gasteiger partial charge on any atom is -0.368 e. The minimum atomic E-state index is 0.636. The summed E-state index contributed by atoms with van der Waals surface area (Å²) in [6.07, 6.45) is 7.18. The molecule has 0 amide bonds. The molecule has 2 aromatic rings. The summed E-state index contributed by atoms with van der Waals surface area (Å²) in [5.74, 6) is 0. The summed E-state index contributed by atoms with van der Waals surface area (Å²) in [4.78, 5) is 7.15. The lowest BCUT2D eigenvalue weighted by Crippen LogP contribution is -2.46. The van der Waals surface area contributed by atoms with E-state index in [4.69, 9.17) is 0 Å². The van der Waals surface area contributed by atoms with Crippen molar-refractivity contribution in [3.63, 3.8) is 0 Å². The minimum absolute atomic E-state index is 0.636. The third-order valence-electron chi connectivity index (χ3n) is 4.47. The number of nitrogens with one attached hydrogen (secondary N) is 1. The van der Waals surface area contributed by atoms with Crippen molar-refractivity contribution in [3.8, 4) is 0 Å². The topological polar surface area (TPSA) is 28.2 Å². The molecule has 0 radical (unpaired) electrons. The van der Waals surface area contributed by atoms with E-state index in [0.717, 1.165) is 29.1 Å². The van der Waals surface area contributed by atoms with Gasteiger partial charge in [-0.2, -0.15) is 0 Å². The van der Waals surface area contributed by atoms with Crippen molar-refractivity contribution in [2.75, 3.05) is 18.0 Å². The number of anilines is 1. The smallest absolute Gasteiger partial charge is 0.0936 e. The monoisotopic (exact) mass is 345 g/mol. The maximum atomic E-state index is 4.65. The van der Waals surface area contributed by atoms with Crippen LogP contribution in [0.5, 0.6) is 0 Å². The Labute approximate surface area is 133 Å². The maximum Gasteiger partial charge on any atom is 0.0936 e. The molecule has 1 atom stereocenters. The Morgan fingerprint density at radius 1 is 1.19 bits per heavy atom. The first-order valence-electron chi connectivity index (χ1n) is 7.85. The van der Waals surface area contributed by atoms with Crippen LogP contribution in [0.3, 0.4) is 0 Å². The van der Waals surface area contributed by atoms with Gasteiger partial charge in [-0.3, -0.25) is 4.98 Å². The van der Waals surface area contributed by atoms with E-state index in [0.29, 0.717) is 6.04 Å². The number of aromatic nitrogens is 1. The van der Waals surface area contributed by atoms with Crippen LogP contribution in [0.1, 0.15) is 25.7 Å². The molecule has 0 spiro atoms. The summed E-state index contributed by atoms with van der Waals surface area (Å²) in [6.45, 7) is 2.24. The van der Waals surface area contributed by atoms with Crippen molar-refractivity contribution >= 4 is 32.5 Å². The second kappa shape index (κ2) is 5.58. The number of rotatable bonds is 3. The van der Waals surface area contributed by atoms with Crippen LogP contribution in [0.25, 0.3) is 10.9 Å². The highest BCUT2D eigenvalue weighted by atomic mass is 79.9. The summed E-state index contributed by atoms with van der Waals surface area (Å²) in [5, 5.41) is 4.99. The van der Waals surface area contributed by atoms with Gasteiger partial charge in [-0.1, -0.05) is 12.1 Å². The highest BCUT2D eigenvalue weighted by Gasteiger charge is 2.28. The Balaban J connectivity index is 1.62. The van der Waals surface area contributed by atoms with Crippen LogP contribution in [0, 0.1) is 0 Å². The van der Waals surface area contributed by atoms with Crippen molar-refractivity contribution < 1.29 is 0 Å². The summed E-state index contributed by atoms with van der Waals surface area (Å²) in [5.41, 5.74) is 2.40. The largest absolute Gasteiger partial charge is 0.368 e. The standard InChI is InChI=1S/C17H20BrN3/c18-13-9-12-3-1-5-16(17(12)19-10-13)21-8-2-4-15(11-21)20-14-6-7-14/h1,3,5,9-10,14-15,20H,2,4,6-8,11H2. The van der Waals surface area contributed by atoms with E-state index in [1.807, 2.05) is 6.20 Å². The van der Waals surface area contributed by atoms with Gasteiger partial charge in [-0.25, -0.2) is 0 Å². The van der Waals surface area contributed by atoms with Gasteiger partial charge in [0.05, 0.1) is 11.2 Å². The van der Waals surface area contributed by atoms with E-state index in [1.54, 1.807) is 0 Å². The van der Waals surface area contributed by atoms with Crippen LogP contribution in [0.4, 0.5) is 5.69 Å². The van der Waals surface area contributed by atoms with Crippen LogP contribution < -0.4 is 10.2 Å². The van der Waals surface area contributed by atoms with Crippen molar-refractivity contribution in [1.29, 1.82) is 0 Å². The molecule has 3 nitrogen and oxygen atoms in total. The SMILES string of the molecule is Brc1cnc2c(N3CCCC(NC4CC4)C3)cccc2c1. The molecule has 0 bridgehead atoms. The zero-order chi connectivity index (χ0) is 14.2. The summed E-state index contributed by atoms with van der Waals surface area (Å²) >= 11 is 3.51. The van der Waals surface area contributed by atoms with Crippen LogP contribution in [0.2, 0.25) is 0 Å². The third-order valence-corrected chi connectivity index (χ3v) is 4.90. The number of hydrogen-bond donors (Lipinski definition) is 1. The average Bonchev–Trinajstić information content (AvgIpc) is 3.30. The lowest BCUT2D eigenvalue weighted by Gasteiger charge is -2.35. The van der Waals surface area contributed by atoms with Gasteiger partial charge in [-0.15, -0.1) is 0 Å². The van der Waals surface area contributed by atoms with E-state index >= 15 is 0 Å². The van der Waals surface area contributed by atoms with Gasteiger partial charge >= 0.3 is 0 Å². The molecule has 1 aliphatic carbocycles. The lowest BCUT2D eigenvalue weighted by atomic mass is 10.0. The van der Waals surface area contributed by atoms with E-state index in [9.17, 15) is 0 Å². The molecule has 1 N–H and O–H groups in total. The molecule has 1 aromatic heterocycles. The molecule has 2 aliphatic rings. The van der Waals surface area contributed by atoms with Crippen molar-refractivity contribution in [3.05, 3.63) is 34.9 Å². The molecule has 4 rings (SSSR count). The molecule has 2 fully saturated rings. The quantitative estimate of drug-likeness (QED) is 0.918. The molecule has 1 aliphatic heterocycles. The zero-order valence-corrected chi connectivity index (χ0v) is 13.6. The molecular formula is C17H20BrN3. The Morgan fingerprint density at radius 2 is 2.10 bits per heavy atom. The summed E-state index contributed by atoms with van der Waals surface area (Å²) < 4.78 is 1.04. The fraction of sp³-hybridized carbons (Fsp3) is 0.471. The van der Waals surface area contributed by atoms with Crippen LogP contribution in [-0.2, 0) is 0 Å². The van der Waals surface area contributed by atoms with Crippen molar-refractivity contribution in [2.24, 2.45) is 0 Å². The summed E-state index contributed by atoms with van der Waals surface area (Å²) in [7, 11) is 0. The number of nitrogens with zero attached hydrogens (tertiary/aromatic N) is 2. The number of hydrogen-bond acceptors (Lipinski definition) is 3. The Bertz CT molecular complexity index is 654. The highest BCUT2D eigenvalue weighted by Crippen LogP contribution is 2.30. The van der Waals surface area contributed by atoms with Gasteiger partial charge in [0.25, 0.3) is 0 Å². The van der Waals surface area contributed by atoms with Gasteiger partial charge in [0, 0.05) is 41.2 Å². The number of halogens is 1. The Morgan fingerprint density at radius 3 is 2.95 bits per heavy atom. The second-order valence-corrected chi connectivity index (χ2v) is 7.14. The van der Waals surface area contributed by atoms with E-state index in [1.165, 1.54) is 36.8 Å². The molecular weight excluding hydrogens is 326 g/mol. The number of para-hydroxylation sites is 1. The highest BCUT2D eigenvalue weighted by molar-refractivity contribution is 9.10. The number of fused-ring (bicyclic) bond motifs is 1. The van der Waals surface area contributed by atoms with E-state index in [-0.39, 0.29) is 0 Å². The first-order chi connectivity index (χ1) is 10.3. The third kappa shape index (κ3) is 2.92. The number of benzene rings is 1. The van der Waals surface area contributed by atoms with Crippen LogP contribution in [0.15, 0.2) is 34.9 Å². The molecule has 110 valence electrons. The van der Waals surface area contributed by atoms with Crippen LogP contribution >= 0.6 is 15.9 Å². The predicted molar refractivity (Wildman–Crippen MR) is 90.8 cm³/mol. The first-order valence-corrected chi connectivity index (χ1v) is 8.64. The Hall–Kier alpha value is -1.13. The molecule has 1 saturated carbocycles. The van der Waals surface area contributed by atoms with Crippen molar-refractivity contribution in [1.82, 2.24) is 10.3 Å². The van der Waals surface area contributed by atoms with E-state index in [2.05, 4.69) is 55.4 Å². The van der Waals surface area contributed by atoms with Crippen LogP contribution in [-0.4, -0.2) is 30.2 Å². The molecule has 1 aromatic carbocycles. The molecule has 2 heterocycles. The van der Waals surface area contributed by atoms with Gasteiger partial charge in [-0.05, 0) is 53.7 Å². The predicted octanol–water partition coefficient (Wildman–Crippen LogP) is 3.72. The maximum absolute atomic E-state index is 4.65. The number of pyridine rings is 1. The fourth-order valence-corrected chi connectivity index (χ4v) is 3.64. The second-order valence-electron chi connectivity index (χ2n) is 6.23. The normalized spacial score (nSPS) is 22.7. The average molecular weight is 346 g/mol. The molecule has 21 heavy (non-hydrogen) atoms. The van der Waals surface area contributed by atoms with E-state index < -0.39 is 0 Å². The van der Waals surface area contributed by atoms with Crippen molar-refractivity contribution in [2.45, 2.75) is 37.8 Å². The summed E-state index contributed by atoms with van der Waals surface area (Å²) in [6, 6.07) is 10.1. The lowest BCUT2D eigenvalue weighted by molar-refractivity contribution is 0.421. The van der Waals surface area contributed by atoms with Gasteiger partial charge in [0.1, 0.15) is 0 Å². The molecule has 4 heteroatoms. The van der Waals surface area contributed by atoms with Gasteiger partial charge < -0.3 is 10.2 Å². The first kappa shape index (κ1) is 13.5. The molecule has 1 saturated heterocycles. The zero-order valence-electron chi connectivity index (χ0n) is 12.1. The van der Waals surface area contributed by atoms with Gasteiger partial charge in [0.2, 0.25) is 0 Å². The molecule has 1 unspecified atom stereocenters.